The highest BCUT2D eigenvalue weighted by atomic mass is 16.4. The van der Waals surface area contributed by atoms with Gasteiger partial charge in [0.05, 0.1) is 0 Å². The Hall–Kier alpha value is -1.79. The molecule has 0 unspecified atom stereocenters. The Morgan fingerprint density at radius 3 is 2.10 bits per heavy atom. The highest BCUT2D eigenvalue weighted by Gasteiger charge is 2.34. The Labute approximate surface area is 125 Å². The number of aliphatic carboxylic acids is 1. The lowest BCUT2D eigenvalue weighted by Crippen LogP contribution is -2.55. The minimum atomic E-state index is -1.04. The molecular formula is C14H25N3O4. The summed E-state index contributed by atoms with van der Waals surface area (Å²) in [5, 5.41) is 14.6. The van der Waals surface area contributed by atoms with Gasteiger partial charge < -0.3 is 20.6 Å². The monoisotopic (exact) mass is 299 g/mol. The van der Waals surface area contributed by atoms with E-state index in [1.807, 2.05) is 0 Å². The summed E-state index contributed by atoms with van der Waals surface area (Å²) in [4.78, 5) is 36.0. The molecule has 0 bridgehead atoms. The number of hydrogen-bond donors (Lipinski definition) is 3. The second-order valence-electron chi connectivity index (χ2n) is 6.55. The van der Waals surface area contributed by atoms with E-state index in [1.165, 1.54) is 6.92 Å². The summed E-state index contributed by atoms with van der Waals surface area (Å²) >= 11 is 0. The van der Waals surface area contributed by atoms with Crippen molar-refractivity contribution in [3.05, 3.63) is 0 Å². The van der Waals surface area contributed by atoms with Crippen molar-refractivity contribution >= 4 is 17.9 Å². The molecule has 3 N–H and O–H groups in total. The van der Waals surface area contributed by atoms with Crippen LogP contribution in [-0.4, -0.2) is 53.1 Å². The van der Waals surface area contributed by atoms with E-state index >= 15 is 0 Å². The Morgan fingerprint density at radius 1 is 1.19 bits per heavy atom. The molecule has 0 saturated carbocycles. The van der Waals surface area contributed by atoms with Crippen molar-refractivity contribution in [1.82, 2.24) is 15.5 Å². The Kier molecular flexibility index (Phi) is 5.57. The molecule has 0 aromatic heterocycles. The first-order valence-electron chi connectivity index (χ1n) is 7.16. The van der Waals surface area contributed by atoms with Crippen molar-refractivity contribution in [1.29, 1.82) is 0 Å². The maximum absolute atomic E-state index is 12.2. The van der Waals surface area contributed by atoms with Crippen molar-refractivity contribution in [3.8, 4) is 0 Å². The minimum absolute atomic E-state index is 0.0726. The van der Waals surface area contributed by atoms with Crippen LogP contribution in [0.4, 0.5) is 4.79 Å². The third kappa shape index (κ3) is 5.24. The summed E-state index contributed by atoms with van der Waals surface area (Å²) in [6.07, 6.45) is 1.36. The Bertz CT molecular complexity index is 409. The molecule has 1 rings (SSSR count). The largest absolute Gasteiger partial charge is 0.480 e. The van der Waals surface area contributed by atoms with Crippen LogP contribution < -0.4 is 10.6 Å². The lowest BCUT2D eigenvalue weighted by atomic mass is 9.87. The Balaban J connectivity index is 2.54. The first-order chi connectivity index (χ1) is 9.61. The van der Waals surface area contributed by atoms with Crippen LogP contribution in [0.25, 0.3) is 0 Å². The van der Waals surface area contributed by atoms with Crippen LogP contribution in [0, 0.1) is 5.41 Å². The third-order valence-corrected chi connectivity index (χ3v) is 3.57. The van der Waals surface area contributed by atoms with E-state index in [0.29, 0.717) is 25.9 Å². The molecule has 1 saturated heterocycles. The van der Waals surface area contributed by atoms with Gasteiger partial charge in [0.25, 0.3) is 0 Å². The van der Waals surface area contributed by atoms with Crippen molar-refractivity contribution in [3.63, 3.8) is 0 Å². The number of carboxylic acid groups (broad SMARTS) is 1. The van der Waals surface area contributed by atoms with Crippen molar-refractivity contribution < 1.29 is 19.5 Å². The summed E-state index contributed by atoms with van der Waals surface area (Å²) < 4.78 is 0. The maximum Gasteiger partial charge on any atom is 0.326 e. The van der Waals surface area contributed by atoms with Crippen LogP contribution in [0.3, 0.4) is 0 Å². The zero-order chi connectivity index (χ0) is 16.2. The fraction of sp³-hybridized carbons (Fsp3) is 0.786. The van der Waals surface area contributed by atoms with Gasteiger partial charge in [0.2, 0.25) is 5.91 Å². The molecule has 1 aliphatic rings. The van der Waals surface area contributed by atoms with Gasteiger partial charge in [-0.05, 0) is 18.3 Å². The number of nitrogens with one attached hydrogen (secondary N) is 2. The average molecular weight is 299 g/mol. The topological polar surface area (TPSA) is 98.7 Å². The number of piperidine rings is 1. The van der Waals surface area contributed by atoms with Gasteiger partial charge in [-0.2, -0.15) is 0 Å². The molecule has 21 heavy (non-hydrogen) atoms. The van der Waals surface area contributed by atoms with E-state index in [0.717, 1.165) is 0 Å². The molecule has 0 spiro atoms. The van der Waals surface area contributed by atoms with Gasteiger partial charge in [-0.25, -0.2) is 9.59 Å². The van der Waals surface area contributed by atoms with Gasteiger partial charge in [0.15, 0.2) is 0 Å². The number of urea groups is 1. The zero-order valence-corrected chi connectivity index (χ0v) is 13.1. The molecular weight excluding hydrogens is 274 g/mol. The summed E-state index contributed by atoms with van der Waals surface area (Å²) in [5.74, 6) is -1.11. The molecule has 1 aliphatic heterocycles. The predicted molar refractivity (Wildman–Crippen MR) is 77.8 cm³/mol. The average Bonchev–Trinajstić information content (AvgIpc) is 2.34. The van der Waals surface area contributed by atoms with Gasteiger partial charge in [-0.15, -0.1) is 0 Å². The molecule has 120 valence electrons. The van der Waals surface area contributed by atoms with Crippen LogP contribution in [0.5, 0.6) is 0 Å². The predicted octanol–water partition coefficient (Wildman–Crippen LogP) is 0.796. The number of carboxylic acids is 1. The van der Waals surface area contributed by atoms with Gasteiger partial charge in [0.1, 0.15) is 6.04 Å². The number of carbonyl (C=O) groups excluding carboxylic acids is 2. The molecule has 7 nitrogen and oxygen atoms in total. The SMILES string of the molecule is CC(=O)NC1CCN(C(=O)N[C@@H](C(=O)O)C(C)(C)C)CC1. The molecule has 0 aromatic rings. The fourth-order valence-corrected chi connectivity index (χ4v) is 2.38. The van der Waals surface area contributed by atoms with E-state index in [1.54, 1.807) is 25.7 Å². The smallest absolute Gasteiger partial charge is 0.326 e. The minimum Gasteiger partial charge on any atom is -0.480 e. The number of nitrogens with zero attached hydrogens (tertiary/aromatic N) is 1. The summed E-state index contributed by atoms with van der Waals surface area (Å²) in [6.45, 7) is 7.81. The molecule has 1 atom stereocenters. The maximum atomic E-state index is 12.2. The van der Waals surface area contributed by atoms with E-state index < -0.39 is 17.4 Å². The van der Waals surface area contributed by atoms with Crippen molar-refractivity contribution in [2.45, 2.75) is 52.6 Å². The number of rotatable bonds is 3. The normalized spacial score (nSPS) is 18.0. The Morgan fingerprint density at radius 2 is 1.71 bits per heavy atom. The second kappa shape index (κ2) is 6.78. The first-order valence-corrected chi connectivity index (χ1v) is 7.16. The van der Waals surface area contributed by atoms with E-state index in [9.17, 15) is 19.5 Å². The van der Waals surface area contributed by atoms with E-state index in [-0.39, 0.29) is 18.0 Å². The fourth-order valence-electron chi connectivity index (χ4n) is 2.38. The van der Waals surface area contributed by atoms with Crippen LogP contribution in [0.15, 0.2) is 0 Å². The second-order valence-corrected chi connectivity index (χ2v) is 6.55. The van der Waals surface area contributed by atoms with E-state index in [2.05, 4.69) is 10.6 Å². The zero-order valence-electron chi connectivity index (χ0n) is 13.1. The number of hydrogen-bond acceptors (Lipinski definition) is 3. The van der Waals surface area contributed by atoms with Gasteiger partial charge in [-0.3, -0.25) is 4.79 Å². The molecule has 1 fully saturated rings. The number of likely N-dealkylation sites (tertiary alicyclic amines) is 1. The lowest BCUT2D eigenvalue weighted by molar-refractivity contribution is -0.142. The highest BCUT2D eigenvalue weighted by molar-refractivity contribution is 5.83. The first kappa shape index (κ1) is 17.3. The standard InChI is InChI=1S/C14H25N3O4/c1-9(18)15-10-5-7-17(8-6-10)13(21)16-11(12(19)20)14(2,3)4/h10-11H,5-8H2,1-4H3,(H,15,18)(H,16,21)(H,19,20)/t11-/m0/s1. The van der Waals surface area contributed by atoms with Gasteiger partial charge in [0, 0.05) is 26.1 Å². The van der Waals surface area contributed by atoms with Gasteiger partial charge >= 0.3 is 12.0 Å². The molecule has 3 amide bonds. The van der Waals surface area contributed by atoms with Crippen LogP contribution in [0.1, 0.15) is 40.5 Å². The lowest BCUT2D eigenvalue weighted by Gasteiger charge is -2.35. The summed E-state index contributed by atoms with van der Waals surface area (Å²) in [5.41, 5.74) is -0.560. The number of carbonyl (C=O) groups is 3. The van der Waals surface area contributed by atoms with Crippen molar-refractivity contribution in [2.24, 2.45) is 5.41 Å². The van der Waals surface area contributed by atoms with Crippen LogP contribution >= 0.6 is 0 Å². The highest BCUT2D eigenvalue weighted by Crippen LogP contribution is 2.20. The van der Waals surface area contributed by atoms with Crippen molar-refractivity contribution in [2.75, 3.05) is 13.1 Å². The molecule has 7 heteroatoms. The van der Waals surface area contributed by atoms with E-state index in [4.69, 9.17) is 0 Å². The van der Waals surface area contributed by atoms with Crippen LogP contribution in [0.2, 0.25) is 0 Å². The molecule has 0 radical (unpaired) electrons. The van der Waals surface area contributed by atoms with Gasteiger partial charge in [-0.1, -0.05) is 20.8 Å². The quantitative estimate of drug-likeness (QED) is 0.717. The third-order valence-electron chi connectivity index (χ3n) is 3.57. The molecule has 1 heterocycles. The summed E-state index contributed by atoms with van der Waals surface area (Å²) in [7, 11) is 0. The summed E-state index contributed by atoms with van der Waals surface area (Å²) in [6, 6.07) is -1.21. The number of amides is 3. The molecule has 0 aromatic carbocycles. The molecule has 0 aliphatic carbocycles. The van der Waals surface area contributed by atoms with Crippen LogP contribution in [-0.2, 0) is 9.59 Å².